The van der Waals surface area contributed by atoms with E-state index in [2.05, 4.69) is 10.1 Å². The molecule has 24 heavy (non-hydrogen) atoms. The number of pyridine rings is 1. The highest BCUT2D eigenvalue weighted by atomic mass is 16.5. The summed E-state index contributed by atoms with van der Waals surface area (Å²) in [6, 6.07) is 15.3. The zero-order valence-electron chi connectivity index (χ0n) is 13.0. The summed E-state index contributed by atoms with van der Waals surface area (Å²) in [5.41, 5.74) is 10.1. The Hall–Kier alpha value is -3.41. The maximum Gasteiger partial charge on any atom is 0.167 e. The molecule has 0 aliphatic heterocycles. The Labute approximate surface area is 138 Å². The Morgan fingerprint density at radius 1 is 1.00 bits per heavy atom. The molecule has 0 aliphatic rings. The fraction of sp³-hybridized carbons (Fsp3) is 0.0556. The second-order valence-electron chi connectivity index (χ2n) is 5.28. The average Bonchev–Trinajstić information content (AvgIpc) is 2.97. The van der Waals surface area contributed by atoms with Crippen LogP contribution in [0.15, 0.2) is 60.9 Å². The molecule has 6 heteroatoms. The topological polar surface area (TPSA) is 78.3 Å². The maximum atomic E-state index is 6.08. The first-order valence-corrected chi connectivity index (χ1v) is 7.47. The van der Waals surface area contributed by atoms with E-state index >= 15 is 0 Å². The van der Waals surface area contributed by atoms with Crippen molar-refractivity contribution < 1.29 is 4.74 Å². The minimum atomic E-state index is 0.410. The maximum absolute atomic E-state index is 6.08. The summed E-state index contributed by atoms with van der Waals surface area (Å²) in [4.78, 5) is 9.11. The lowest BCUT2D eigenvalue weighted by molar-refractivity contribution is 0.415. The molecule has 0 radical (unpaired) electrons. The first-order chi connectivity index (χ1) is 11.8. The molecule has 2 N–H and O–H groups in total. The number of nitrogens with zero attached hydrogens (tertiary/aromatic N) is 4. The van der Waals surface area contributed by atoms with Crippen LogP contribution in [0.2, 0.25) is 0 Å². The van der Waals surface area contributed by atoms with Crippen molar-refractivity contribution in [3.05, 3.63) is 60.9 Å². The zero-order valence-corrected chi connectivity index (χ0v) is 13.0. The fourth-order valence-corrected chi connectivity index (χ4v) is 2.63. The Kier molecular flexibility index (Phi) is 3.35. The summed E-state index contributed by atoms with van der Waals surface area (Å²) in [6.07, 6.45) is 3.58. The highest BCUT2D eigenvalue weighted by Gasteiger charge is 2.15. The molecule has 0 fully saturated rings. The van der Waals surface area contributed by atoms with E-state index in [0.717, 1.165) is 28.3 Å². The molecule has 0 saturated carbocycles. The van der Waals surface area contributed by atoms with Crippen molar-refractivity contribution in [2.24, 2.45) is 0 Å². The summed E-state index contributed by atoms with van der Waals surface area (Å²) in [6.45, 7) is 0. The van der Waals surface area contributed by atoms with Gasteiger partial charge in [-0.25, -0.2) is 9.50 Å². The minimum absolute atomic E-state index is 0.410. The number of fused-ring (bicyclic) bond motifs is 1. The van der Waals surface area contributed by atoms with Crippen LogP contribution < -0.4 is 10.5 Å². The molecule has 118 valence electrons. The molecule has 6 nitrogen and oxygen atoms in total. The van der Waals surface area contributed by atoms with E-state index in [4.69, 9.17) is 15.5 Å². The summed E-state index contributed by atoms with van der Waals surface area (Å²) in [7, 11) is 1.65. The molecule has 4 rings (SSSR count). The van der Waals surface area contributed by atoms with E-state index in [1.54, 1.807) is 17.8 Å². The van der Waals surface area contributed by atoms with Crippen molar-refractivity contribution in [1.29, 1.82) is 0 Å². The van der Waals surface area contributed by atoms with E-state index in [0.29, 0.717) is 11.5 Å². The fourth-order valence-electron chi connectivity index (χ4n) is 2.63. The van der Waals surface area contributed by atoms with Gasteiger partial charge in [0.05, 0.1) is 24.1 Å². The molecule has 1 aromatic carbocycles. The van der Waals surface area contributed by atoms with Crippen LogP contribution in [-0.2, 0) is 0 Å². The Morgan fingerprint density at radius 3 is 2.54 bits per heavy atom. The Bertz CT molecular complexity index is 993. The Balaban J connectivity index is 1.88. The zero-order chi connectivity index (χ0) is 16.5. The van der Waals surface area contributed by atoms with Gasteiger partial charge in [0, 0.05) is 18.0 Å². The number of hydrogen-bond donors (Lipinski definition) is 1. The largest absolute Gasteiger partial charge is 0.497 e. The molecule has 0 unspecified atom stereocenters. The molecule has 0 amide bonds. The monoisotopic (exact) mass is 317 g/mol. The SMILES string of the molecule is COc1ccc(-c2ccn3nc(N)c(-c4ccccn4)c3n2)cc1. The predicted molar refractivity (Wildman–Crippen MR) is 92.6 cm³/mol. The number of nitrogens with two attached hydrogens (primary N) is 1. The van der Waals surface area contributed by atoms with Gasteiger partial charge in [0.2, 0.25) is 0 Å². The van der Waals surface area contributed by atoms with Gasteiger partial charge in [0.1, 0.15) is 5.75 Å². The van der Waals surface area contributed by atoms with Crippen molar-refractivity contribution in [1.82, 2.24) is 19.6 Å². The molecule has 0 spiro atoms. The van der Waals surface area contributed by atoms with Crippen molar-refractivity contribution >= 4 is 11.5 Å². The van der Waals surface area contributed by atoms with E-state index in [1.165, 1.54) is 0 Å². The van der Waals surface area contributed by atoms with Gasteiger partial charge in [0.15, 0.2) is 11.5 Å². The van der Waals surface area contributed by atoms with Gasteiger partial charge >= 0.3 is 0 Å². The molecule has 3 heterocycles. The summed E-state index contributed by atoms with van der Waals surface area (Å²) >= 11 is 0. The predicted octanol–water partition coefficient (Wildman–Crippen LogP) is 3.05. The molecular weight excluding hydrogens is 302 g/mol. The standard InChI is InChI=1S/C18H15N5O/c1-24-13-7-5-12(6-8-13)14-9-11-23-18(21-14)16(17(19)22-23)15-4-2-3-10-20-15/h2-11H,1H3,(H2,19,22). The third-order valence-corrected chi connectivity index (χ3v) is 3.82. The quantitative estimate of drug-likeness (QED) is 0.628. The summed E-state index contributed by atoms with van der Waals surface area (Å²) in [5, 5.41) is 4.32. The molecule has 0 atom stereocenters. The van der Waals surface area contributed by atoms with Crippen LogP contribution in [0.3, 0.4) is 0 Å². The van der Waals surface area contributed by atoms with Gasteiger partial charge in [-0.15, -0.1) is 5.10 Å². The number of methoxy groups -OCH3 is 1. The highest BCUT2D eigenvalue weighted by molar-refractivity contribution is 5.85. The van der Waals surface area contributed by atoms with Crippen molar-refractivity contribution in [3.8, 4) is 28.3 Å². The average molecular weight is 317 g/mol. The lowest BCUT2D eigenvalue weighted by Gasteiger charge is -2.04. The van der Waals surface area contributed by atoms with Crippen LogP contribution in [0.25, 0.3) is 28.2 Å². The molecule has 0 saturated heterocycles. The van der Waals surface area contributed by atoms with E-state index in [-0.39, 0.29) is 0 Å². The third-order valence-electron chi connectivity index (χ3n) is 3.82. The van der Waals surface area contributed by atoms with Crippen molar-refractivity contribution in [2.45, 2.75) is 0 Å². The second-order valence-corrected chi connectivity index (χ2v) is 5.28. The molecule has 3 aromatic heterocycles. The lowest BCUT2D eigenvalue weighted by atomic mass is 10.1. The lowest BCUT2D eigenvalue weighted by Crippen LogP contribution is -1.93. The third kappa shape index (κ3) is 2.34. The summed E-state index contributed by atoms with van der Waals surface area (Å²) in [5.74, 6) is 1.22. The van der Waals surface area contributed by atoms with Gasteiger partial charge in [-0.2, -0.15) is 0 Å². The van der Waals surface area contributed by atoms with Gasteiger partial charge < -0.3 is 10.5 Å². The van der Waals surface area contributed by atoms with E-state index in [9.17, 15) is 0 Å². The van der Waals surface area contributed by atoms with Crippen LogP contribution in [0.1, 0.15) is 0 Å². The van der Waals surface area contributed by atoms with Crippen LogP contribution in [-0.4, -0.2) is 26.7 Å². The van der Waals surface area contributed by atoms with Gasteiger partial charge in [-0.1, -0.05) is 6.07 Å². The normalized spacial score (nSPS) is 10.9. The van der Waals surface area contributed by atoms with Gasteiger partial charge in [0.25, 0.3) is 0 Å². The van der Waals surface area contributed by atoms with Gasteiger partial charge in [-0.3, -0.25) is 4.98 Å². The van der Waals surface area contributed by atoms with Crippen LogP contribution in [0, 0.1) is 0 Å². The summed E-state index contributed by atoms with van der Waals surface area (Å²) < 4.78 is 6.87. The molecule has 0 bridgehead atoms. The first-order valence-electron chi connectivity index (χ1n) is 7.47. The minimum Gasteiger partial charge on any atom is -0.497 e. The number of aromatic nitrogens is 4. The number of anilines is 1. The van der Waals surface area contributed by atoms with Crippen LogP contribution >= 0.6 is 0 Å². The van der Waals surface area contributed by atoms with Crippen LogP contribution in [0.4, 0.5) is 5.82 Å². The number of hydrogen-bond acceptors (Lipinski definition) is 5. The molecule has 0 aliphatic carbocycles. The number of rotatable bonds is 3. The first kappa shape index (κ1) is 14.2. The van der Waals surface area contributed by atoms with Crippen LogP contribution in [0.5, 0.6) is 5.75 Å². The smallest absolute Gasteiger partial charge is 0.167 e. The molecular formula is C18H15N5O. The van der Waals surface area contributed by atoms with E-state index in [1.807, 2.05) is 54.7 Å². The second kappa shape index (κ2) is 5.66. The number of nitrogen functional groups attached to an aromatic ring is 1. The van der Waals surface area contributed by atoms with Crippen molar-refractivity contribution in [2.75, 3.05) is 12.8 Å². The Morgan fingerprint density at radius 2 is 1.83 bits per heavy atom. The number of ether oxygens (including phenoxy) is 1. The number of benzene rings is 1. The highest BCUT2D eigenvalue weighted by Crippen LogP contribution is 2.29. The van der Waals surface area contributed by atoms with Crippen molar-refractivity contribution in [3.63, 3.8) is 0 Å². The molecule has 4 aromatic rings. The van der Waals surface area contributed by atoms with Gasteiger partial charge in [-0.05, 0) is 42.5 Å². The van der Waals surface area contributed by atoms with E-state index < -0.39 is 0 Å².